The normalized spacial score (nSPS) is 19.6. The van der Waals surface area contributed by atoms with Crippen LogP contribution in [0.1, 0.15) is 6.92 Å². The fourth-order valence-corrected chi connectivity index (χ4v) is 1.08. The molecule has 0 saturated heterocycles. The van der Waals surface area contributed by atoms with Gasteiger partial charge in [-0.1, -0.05) is 0 Å². The van der Waals surface area contributed by atoms with Gasteiger partial charge in [0, 0.05) is 7.05 Å². The van der Waals surface area contributed by atoms with Crippen LogP contribution in [0.15, 0.2) is 15.0 Å². The summed E-state index contributed by atoms with van der Waals surface area (Å²) < 4.78 is 0. The van der Waals surface area contributed by atoms with Crippen molar-refractivity contribution in [3.05, 3.63) is 0 Å². The Bertz CT molecular complexity index is 410. The molecule has 74 valence electrons. The minimum Gasteiger partial charge on any atom is -0.267 e. The summed E-state index contributed by atoms with van der Waals surface area (Å²) in [6, 6.07) is -0.600. The Morgan fingerprint density at radius 2 is 1.79 bits per heavy atom. The minimum atomic E-state index is -0.600. The van der Waals surface area contributed by atoms with Crippen LogP contribution in [0.25, 0.3) is 0 Å². The average Bonchev–Trinajstić information content (AvgIpc) is 2.42. The highest BCUT2D eigenvalue weighted by Crippen LogP contribution is 2.09. The average molecular weight is 215 g/mol. The van der Waals surface area contributed by atoms with Crippen LogP contribution in [0, 0.1) is 0 Å². The third-order valence-electron chi connectivity index (χ3n) is 1.75. The summed E-state index contributed by atoms with van der Waals surface area (Å²) in [5.41, 5.74) is 0.152. The maximum atomic E-state index is 11.4. The minimum absolute atomic E-state index is 0. The maximum Gasteiger partial charge on any atom is 0.352 e. The predicted octanol–water partition coefficient (Wildman–Crippen LogP) is 0.272. The van der Waals surface area contributed by atoms with Crippen LogP contribution in [0.2, 0.25) is 0 Å². The van der Waals surface area contributed by atoms with Gasteiger partial charge in [0.25, 0.3) is 5.91 Å². The lowest BCUT2D eigenvalue weighted by Crippen LogP contribution is -2.43. The van der Waals surface area contributed by atoms with Crippen LogP contribution in [0.3, 0.4) is 0 Å². The van der Waals surface area contributed by atoms with E-state index < -0.39 is 11.9 Å². The Labute approximate surface area is 85.8 Å². The summed E-state index contributed by atoms with van der Waals surface area (Å²) in [5.74, 6) is 0.131. The first kappa shape index (κ1) is 10.5. The molecule has 0 aliphatic carbocycles. The van der Waals surface area contributed by atoms with Crippen LogP contribution >= 0.6 is 12.4 Å². The molecular weight excluding hydrogens is 208 g/mol. The van der Waals surface area contributed by atoms with Crippen molar-refractivity contribution in [1.82, 2.24) is 4.90 Å². The van der Waals surface area contributed by atoms with E-state index in [1.165, 1.54) is 7.05 Å². The third-order valence-corrected chi connectivity index (χ3v) is 1.75. The second-order valence-electron chi connectivity index (χ2n) is 2.70. The van der Waals surface area contributed by atoms with Gasteiger partial charge in [0.1, 0.15) is 5.84 Å². The number of amidine groups is 2. The van der Waals surface area contributed by atoms with E-state index in [1.807, 2.05) is 0 Å². The molecule has 0 aromatic rings. The van der Waals surface area contributed by atoms with E-state index in [-0.39, 0.29) is 24.0 Å². The van der Waals surface area contributed by atoms with E-state index in [0.29, 0.717) is 5.84 Å². The molecule has 2 aliphatic rings. The van der Waals surface area contributed by atoms with Crippen molar-refractivity contribution in [1.29, 1.82) is 0 Å². The van der Waals surface area contributed by atoms with E-state index in [9.17, 15) is 9.59 Å². The van der Waals surface area contributed by atoms with E-state index in [0.717, 1.165) is 4.90 Å². The molecule has 3 amide bonds. The molecule has 2 aliphatic heterocycles. The molecule has 0 N–H and O–H groups in total. The summed E-state index contributed by atoms with van der Waals surface area (Å²) in [6.45, 7) is 1.64. The number of urea groups is 1. The number of rotatable bonds is 0. The first-order valence-electron chi connectivity index (χ1n) is 3.64. The standard InChI is InChI=1S/C7H6N4O2.ClH/c1-3-8-4-5(9-3)10-7(13)11(2)6(4)12;/h1-2H3;1H. The molecule has 2 rings (SSSR count). The smallest absolute Gasteiger partial charge is 0.267 e. The fraction of sp³-hybridized carbons (Fsp3) is 0.286. The number of carbonyl (C=O) groups excluding carboxylic acids is 2. The van der Waals surface area contributed by atoms with E-state index >= 15 is 0 Å². The predicted molar refractivity (Wildman–Crippen MR) is 53.4 cm³/mol. The molecule has 0 aromatic heterocycles. The first-order chi connectivity index (χ1) is 6.09. The molecule has 14 heavy (non-hydrogen) atoms. The van der Waals surface area contributed by atoms with Gasteiger partial charge in [-0.15, -0.1) is 12.4 Å². The van der Waals surface area contributed by atoms with Crippen LogP contribution in [0.4, 0.5) is 4.79 Å². The Balaban J connectivity index is 0.000000980. The lowest BCUT2D eigenvalue weighted by Gasteiger charge is -2.15. The van der Waals surface area contributed by atoms with Crippen molar-refractivity contribution < 1.29 is 9.59 Å². The Morgan fingerprint density at radius 3 is 2.43 bits per heavy atom. The monoisotopic (exact) mass is 214 g/mol. The molecular formula is C7H7ClN4O2. The first-order valence-corrected chi connectivity index (χ1v) is 3.64. The number of nitrogens with zero attached hydrogens (tertiary/aromatic N) is 4. The quantitative estimate of drug-likeness (QED) is 0.581. The zero-order chi connectivity index (χ0) is 9.59. The summed E-state index contributed by atoms with van der Waals surface area (Å²) >= 11 is 0. The third kappa shape index (κ3) is 1.33. The number of hydrogen-bond acceptors (Lipinski definition) is 4. The van der Waals surface area contributed by atoms with Crippen molar-refractivity contribution in [2.45, 2.75) is 6.92 Å². The van der Waals surface area contributed by atoms with Gasteiger partial charge in [0.05, 0.1) is 0 Å². The molecule has 0 saturated carbocycles. The molecule has 0 unspecified atom stereocenters. The lowest BCUT2D eigenvalue weighted by molar-refractivity contribution is -0.120. The highest BCUT2D eigenvalue weighted by Gasteiger charge is 2.34. The topological polar surface area (TPSA) is 74.5 Å². The SMILES string of the molecule is CC1=NC2=NC(=O)N(C)C(=O)C2=N1.Cl. The zero-order valence-corrected chi connectivity index (χ0v) is 8.33. The van der Waals surface area contributed by atoms with Crippen molar-refractivity contribution in [2.75, 3.05) is 7.05 Å². The Hall–Kier alpha value is -1.56. The number of imide groups is 1. The van der Waals surface area contributed by atoms with Crippen molar-refractivity contribution >= 4 is 41.7 Å². The second kappa shape index (κ2) is 3.30. The van der Waals surface area contributed by atoms with Gasteiger partial charge in [0.2, 0.25) is 0 Å². The Kier molecular flexibility index (Phi) is 2.48. The van der Waals surface area contributed by atoms with Crippen molar-refractivity contribution in [3.8, 4) is 0 Å². The molecule has 0 bridgehead atoms. The highest BCUT2D eigenvalue weighted by atomic mass is 35.5. The van der Waals surface area contributed by atoms with E-state index in [4.69, 9.17) is 0 Å². The lowest BCUT2D eigenvalue weighted by atomic mass is 10.3. The van der Waals surface area contributed by atoms with E-state index in [1.54, 1.807) is 6.92 Å². The van der Waals surface area contributed by atoms with Crippen LogP contribution < -0.4 is 0 Å². The van der Waals surface area contributed by atoms with Gasteiger partial charge in [-0.05, 0) is 6.92 Å². The number of fused-ring (bicyclic) bond motifs is 1. The summed E-state index contributed by atoms with van der Waals surface area (Å²) in [5, 5.41) is 0. The van der Waals surface area contributed by atoms with Crippen LogP contribution in [-0.2, 0) is 4.79 Å². The maximum absolute atomic E-state index is 11.4. The second-order valence-corrected chi connectivity index (χ2v) is 2.70. The molecule has 0 atom stereocenters. The van der Waals surface area contributed by atoms with Crippen LogP contribution in [0.5, 0.6) is 0 Å². The summed E-state index contributed by atoms with van der Waals surface area (Å²) in [4.78, 5) is 34.6. The van der Waals surface area contributed by atoms with Crippen molar-refractivity contribution in [3.63, 3.8) is 0 Å². The number of hydrogen-bond donors (Lipinski definition) is 0. The number of halogens is 1. The fourth-order valence-electron chi connectivity index (χ4n) is 1.08. The molecule has 0 fully saturated rings. The zero-order valence-electron chi connectivity index (χ0n) is 7.51. The van der Waals surface area contributed by atoms with Gasteiger partial charge in [-0.2, -0.15) is 4.99 Å². The highest BCUT2D eigenvalue weighted by molar-refractivity contribution is 6.72. The number of amides is 3. The molecule has 6 nitrogen and oxygen atoms in total. The van der Waals surface area contributed by atoms with Gasteiger partial charge in [-0.3, -0.25) is 9.69 Å². The molecule has 0 radical (unpaired) electrons. The van der Waals surface area contributed by atoms with Crippen molar-refractivity contribution in [2.24, 2.45) is 15.0 Å². The van der Waals surface area contributed by atoms with Gasteiger partial charge in [0.15, 0.2) is 11.5 Å². The summed E-state index contributed by atoms with van der Waals surface area (Å²) in [7, 11) is 1.36. The van der Waals surface area contributed by atoms with E-state index in [2.05, 4.69) is 15.0 Å². The van der Waals surface area contributed by atoms with Gasteiger partial charge < -0.3 is 0 Å². The summed E-state index contributed by atoms with van der Waals surface area (Å²) in [6.07, 6.45) is 0. The van der Waals surface area contributed by atoms with Crippen LogP contribution in [-0.4, -0.2) is 41.3 Å². The largest absolute Gasteiger partial charge is 0.352 e. The van der Waals surface area contributed by atoms with Gasteiger partial charge >= 0.3 is 6.03 Å². The molecule has 0 spiro atoms. The molecule has 7 heteroatoms. The Morgan fingerprint density at radius 1 is 1.14 bits per heavy atom. The number of aliphatic imine (C=N–C) groups is 3. The molecule has 2 heterocycles. The van der Waals surface area contributed by atoms with Gasteiger partial charge in [-0.25, -0.2) is 14.8 Å². The molecule has 0 aromatic carbocycles. The number of carbonyl (C=O) groups is 2.